The topological polar surface area (TPSA) is 117 Å². The fourth-order valence-electron chi connectivity index (χ4n) is 1.60. The minimum atomic E-state index is -3.77. The van der Waals surface area contributed by atoms with E-state index in [1.165, 1.54) is 21.0 Å². The van der Waals surface area contributed by atoms with Gasteiger partial charge >= 0.3 is 5.97 Å². The molecule has 0 aliphatic carbocycles. The lowest BCUT2D eigenvalue weighted by molar-refractivity contribution is -0.137. The van der Waals surface area contributed by atoms with Crippen LogP contribution < -0.4 is 5.32 Å². The molecule has 1 atom stereocenters. The van der Waals surface area contributed by atoms with Crippen molar-refractivity contribution < 1.29 is 27.5 Å². The van der Waals surface area contributed by atoms with Gasteiger partial charge in [-0.25, -0.2) is 12.7 Å². The second kappa shape index (κ2) is 6.27. The molecule has 1 aromatic heterocycles. The maximum absolute atomic E-state index is 12.0. The van der Waals surface area contributed by atoms with Gasteiger partial charge in [0.25, 0.3) is 15.9 Å². The number of carboxylic acids is 1. The smallest absolute Gasteiger partial charge is 0.305 e. The van der Waals surface area contributed by atoms with E-state index in [0.29, 0.717) is 0 Å². The second-order valence-corrected chi connectivity index (χ2v) is 6.88. The highest BCUT2D eigenvalue weighted by atomic mass is 32.2. The van der Waals surface area contributed by atoms with Crippen molar-refractivity contribution in [3.8, 4) is 0 Å². The van der Waals surface area contributed by atoms with Gasteiger partial charge in [-0.3, -0.25) is 9.59 Å². The van der Waals surface area contributed by atoms with Crippen LogP contribution in [0.25, 0.3) is 0 Å². The molecular formula is C12H18N2O6S. The van der Waals surface area contributed by atoms with Gasteiger partial charge in [-0.05, 0) is 13.8 Å². The summed E-state index contributed by atoms with van der Waals surface area (Å²) >= 11 is 0. The van der Waals surface area contributed by atoms with E-state index in [-0.39, 0.29) is 22.8 Å². The van der Waals surface area contributed by atoms with Gasteiger partial charge in [-0.2, -0.15) is 0 Å². The molecule has 0 radical (unpaired) electrons. The molecule has 0 aromatic carbocycles. The molecule has 1 unspecified atom stereocenters. The number of nitrogens with zero attached hydrogens (tertiary/aromatic N) is 1. The summed E-state index contributed by atoms with van der Waals surface area (Å²) in [4.78, 5) is 22.5. The number of furan rings is 1. The van der Waals surface area contributed by atoms with Gasteiger partial charge < -0.3 is 14.8 Å². The lowest BCUT2D eigenvalue weighted by atomic mass is 10.2. The number of carbonyl (C=O) groups excluding carboxylic acids is 1. The lowest BCUT2D eigenvalue weighted by Gasteiger charge is -2.10. The molecule has 8 nitrogen and oxygen atoms in total. The first-order valence-corrected chi connectivity index (χ1v) is 7.55. The van der Waals surface area contributed by atoms with Crippen LogP contribution in [0.3, 0.4) is 0 Å². The first-order chi connectivity index (χ1) is 9.55. The van der Waals surface area contributed by atoms with E-state index in [0.717, 1.165) is 10.4 Å². The molecule has 0 aliphatic rings. The van der Waals surface area contributed by atoms with Gasteiger partial charge in [-0.1, -0.05) is 0 Å². The molecule has 0 saturated heterocycles. The highest BCUT2D eigenvalue weighted by molar-refractivity contribution is 7.88. The van der Waals surface area contributed by atoms with E-state index in [4.69, 9.17) is 9.52 Å². The molecular weight excluding hydrogens is 300 g/mol. The van der Waals surface area contributed by atoms with Crippen LogP contribution in [-0.2, 0) is 14.8 Å². The Kier molecular flexibility index (Phi) is 5.13. The van der Waals surface area contributed by atoms with Gasteiger partial charge in [0.2, 0.25) is 5.09 Å². The third kappa shape index (κ3) is 4.05. The van der Waals surface area contributed by atoms with Crippen LogP contribution in [0.4, 0.5) is 0 Å². The molecule has 1 aromatic rings. The monoisotopic (exact) mass is 318 g/mol. The lowest BCUT2D eigenvalue weighted by Crippen LogP contribution is -2.34. The van der Waals surface area contributed by atoms with Crippen LogP contribution in [0, 0.1) is 6.92 Å². The molecule has 2 N–H and O–H groups in total. The van der Waals surface area contributed by atoms with Crippen molar-refractivity contribution in [2.24, 2.45) is 0 Å². The number of carbonyl (C=O) groups is 2. The van der Waals surface area contributed by atoms with Crippen molar-refractivity contribution in [2.75, 3.05) is 14.1 Å². The molecule has 9 heteroatoms. The molecule has 0 bridgehead atoms. The Bertz CT molecular complexity index is 647. The summed E-state index contributed by atoms with van der Waals surface area (Å²) < 4.78 is 29.9. The van der Waals surface area contributed by atoms with Gasteiger partial charge in [0.15, 0.2) is 0 Å². The number of hydrogen-bond donors (Lipinski definition) is 2. The normalized spacial score (nSPS) is 13.2. The Morgan fingerprint density at radius 2 is 2.00 bits per heavy atom. The molecule has 0 saturated carbocycles. The van der Waals surface area contributed by atoms with E-state index < -0.39 is 27.9 Å². The first kappa shape index (κ1) is 17.2. The van der Waals surface area contributed by atoms with Crippen molar-refractivity contribution in [3.63, 3.8) is 0 Å². The number of aryl methyl sites for hydroxylation is 1. The predicted octanol–water partition coefficient (Wildman–Crippen LogP) is 0.431. The van der Waals surface area contributed by atoms with E-state index in [9.17, 15) is 18.0 Å². The van der Waals surface area contributed by atoms with Gasteiger partial charge in [-0.15, -0.1) is 0 Å². The molecule has 21 heavy (non-hydrogen) atoms. The van der Waals surface area contributed by atoms with Gasteiger partial charge in [0.1, 0.15) is 5.76 Å². The molecule has 0 spiro atoms. The maximum Gasteiger partial charge on any atom is 0.305 e. The van der Waals surface area contributed by atoms with Gasteiger partial charge in [0, 0.05) is 26.2 Å². The summed E-state index contributed by atoms with van der Waals surface area (Å²) in [6, 6.07) is 0.547. The highest BCUT2D eigenvalue weighted by Gasteiger charge is 2.26. The summed E-state index contributed by atoms with van der Waals surface area (Å²) in [7, 11) is -1.07. The Balaban J connectivity index is 2.98. The second-order valence-electron chi connectivity index (χ2n) is 4.80. The van der Waals surface area contributed by atoms with Crippen LogP contribution >= 0.6 is 0 Å². The molecule has 118 valence electrons. The molecule has 1 heterocycles. The molecule has 0 fully saturated rings. The summed E-state index contributed by atoms with van der Waals surface area (Å²) in [5, 5.41) is 10.8. The van der Waals surface area contributed by atoms with Gasteiger partial charge in [0.05, 0.1) is 12.0 Å². The minimum Gasteiger partial charge on any atom is -0.481 e. The number of amides is 1. The van der Waals surface area contributed by atoms with Crippen molar-refractivity contribution in [1.82, 2.24) is 9.62 Å². The summed E-state index contributed by atoms with van der Waals surface area (Å²) in [5.74, 6) is -1.47. The van der Waals surface area contributed by atoms with Crippen LogP contribution in [0.5, 0.6) is 0 Å². The summed E-state index contributed by atoms with van der Waals surface area (Å²) in [6.07, 6.45) is -0.231. The Morgan fingerprint density at radius 1 is 1.43 bits per heavy atom. The zero-order valence-corrected chi connectivity index (χ0v) is 13.0. The van der Waals surface area contributed by atoms with Crippen LogP contribution in [0.1, 0.15) is 29.5 Å². The largest absolute Gasteiger partial charge is 0.481 e. The van der Waals surface area contributed by atoms with E-state index in [1.54, 1.807) is 6.92 Å². The van der Waals surface area contributed by atoms with Crippen LogP contribution in [0.15, 0.2) is 15.6 Å². The van der Waals surface area contributed by atoms with Crippen LogP contribution in [0.2, 0.25) is 0 Å². The zero-order valence-electron chi connectivity index (χ0n) is 12.2. The highest BCUT2D eigenvalue weighted by Crippen LogP contribution is 2.21. The average molecular weight is 318 g/mol. The Hall–Kier alpha value is -1.87. The van der Waals surface area contributed by atoms with Crippen molar-refractivity contribution in [2.45, 2.75) is 31.4 Å². The Labute approximate surface area is 122 Å². The number of aliphatic carboxylic acids is 1. The predicted molar refractivity (Wildman–Crippen MR) is 73.5 cm³/mol. The van der Waals surface area contributed by atoms with Crippen molar-refractivity contribution in [3.05, 3.63) is 17.4 Å². The van der Waals surface area contributed by atoms with Crippen molar-refractivity contribution >= 4 is 21.9 Å². The molecule has 1 amide bonds. The number of carboxylic acid groups (broad SMARTS) is 1. The van der Waals surface area contributed by atoms with Crippen molar-refractivity contribution in [1.29, 1.82) is 0 Å². The minimum absolute atomic E-state index is 0.0627. The fraction of sp³-hybridized carbons (Fsp3) is 0.500. The third-order valence-electron chi connectivity index (χ3n) is 2.73. The number of nitrogens with one attached hydrogen (secondary N) is 1. The summed E-state index contributed by atoms with van der Waals surface area (Å²) in [5.41, 5.74) is 0.0627. The van der Waals surface area contributed by atoms with E-state index in [1.807, 2.05) is 0 Å². The number of rotatable bonds is 6. The average Bonchev–Trinajstić information content (AvgIpc) is 2.70. The fourth-order valence-corrected chi connectivity index (χ4v) is 2.46. The molecule has 1 rings (SSSR count). The Morgan fingerprint density at radius 3 is 2.48 bits per heavy atom. The standard InChI is InChI=1S/C12H18N2O6S/c1-7(5-10(15)16)13-12(17)9-6-11(20-8(9)2)21(18,19)14(3)4/h6-7H,5H2,1-4H3,(H,13,17)(H,15,16). The molecule has 0 aliphatic heterocycles. The van der Waals surface area contributed by atoms with E-state index >= 15 is 0 Å². The number of hydrogen-bond acceptors (Lipinski definition) is 5. The zero-order chi connectivity index (χ0) is 16.4. The quantitative estimate of drug-likeness (QED) is 0.785. The summed E-state index contributed by atoms with van der Waals surface area (Å²) in [6.45, 7) is 3.00. The van der Waals surface area contributed by atoms with Crippen LogP contribution in [-0.4, -0.2) is 49.8 Å². The first-order valence-electron chi connectivity index (χ1n) is 6.11. The maximum atomic E-state index is 12.0. The van der Waals surface area contributed by atoms with E-state index in [2.05, 4.69) is 5.32 Å². The third-order valence-corrected chi connectivity index (χ3v) is 4.40. The SMILES string of the molecule is Cc1oc(S(=O)(=O)N(C)C)cc1C(=O)NC(C)CC(=O)O. The number of sulfonamides is 1.